The van der Waals surface area contributed by atoms with Crippen LogP contribution in [-0.4, -0.2) is 9.45 Å². The van der Waals surface area contributed by atoms with E-state index in [9.17, 15) is 4.79 Å². The van der Waals surface area contributed by atoms with Crippen LogP contribution in [0.3, 0.4) is 0 Å². The zero-order valence-corrected chi connectivity index (χ0v) is 7.65. The molecule has 0 aliphatic rings. The predicted octanol–water partition coefficient (Wildman–Crippen LogP) is 2.20. The first-order valence-corrected chi connectivity index (χ1v) is 5.11. The number of hydrogen-bond acceptors (Lipinski definition) is 2. The zero-order chi connectivity index (χ0) is 7.86. The van der Waals surface area contributed by atoms with Gasteiger partial charge in [-0.3, -0.25) is 4.79 Å². The van der Waals surface area contributed by atoms with Crippen molar-refractivity contribution in [2.45, 2.75) is 13.3 Å². The molecule has 0 spiro atoms. The number of hydrogen-bond donors (Lipinski definition) is 0. The molecule has 9 heavy (non-hydrogen) atoms. The predicted molar refractivity (Wildman–Crippen MR) is 41.0 cm³/mol. The molecule has 0 rings (SSSR count). The summed E-state index contributed by atoms with van der Waals surface area (Å²) in [6.07, 6.45) is 0.432. The van der Waals surface area contributed by atoms with Crippen molar-refractivity contribution < 1.29 is 9.00 Å². The van der Waals surface area contributed by atoms with Crippen LogP contribution >= 0.6 is 33.0 Å². The Kier molecular flexibility index (Phi) is 11.9. The second kappa shape index (κ2) is 8.69. The molecule has 0 fully saturated rings. The van der Waals surface area contributed by atoms with Crippen molar-refractivity contribution in [3.05, 3.63) is 0 Å². The standard InChI is InChI=1S/C3H5ClO.Cl2OS/c1-2-3(4)5;1-4(2)3/h2H2,1H3;. The normalized spacial score (nSPS) is 8.11. The van der Waals surface area contributed by atoms with Crippen LogP contribution in [0.2, 0.25) is 0 Å². The van der Waals surface area contributed by atoms with Gasteiger partial charge in [0, 0.05) is 27.8 Å². The SMILES string of the molecule is CCC(=O)Cl.O=S(Cl)Cl. The largest absolute Gasteiger partial charge is 0.281 e. The molecule has 0 aliphatic carbocycles. The fourth-order valence-corrected chi connectivity index (χ4v) is 0. The zero-order valence-electron chi connectivity index (χ0n) is 4.57. The highest BCUT2D eigenvalue weighted by molar-refractivity contribution is 8.26. The molecule has 0 N–H and O–H groups in total. The van der Waals surface area contributed by atoms with Crippen LogP contribution in [0, 0.1) is 0 Å². The molecule has 0 unspecified atom stereocenters. The molecule has 0 amide bonds. The Balaban J connectivity index is 0. The van der Waals surface area contributed by atoms with Crippen molar-refractivity contribution in [3.63, 3.8) is 0 Å². The first kappa shape index (κ1) is 12.4. The minimum absolute atomic E-state index is 0.273. The Bertz CT molecular complexity index is 101. The minimum atomic E-state index is -1.67. The van der Waals surface area contributed by atoms with Crippen LogP contribution in [0.25, 0.3) is 0 Å². The molecule has 0 radical (unpaired) electrons. The lowest BCUT2D eigenvalue weighted by Crippen LogP contribution is -1.74. The Labute approximate surface area is 69.9 Å². The van der Waals surface area contributed by atoms with Gasteiger partial charge in [0.25, 0.3) is 0 Å². The van der Waals surface area contributed by atoms with Gasteiger partial charge >= 0.3 is 0 Å². The fraction of sp³-hybridized carbons (Fsp3) is 0.667. The third-order valence-corrected chi connectivity index (χ3v) is 0.545. The molecule has 0 aliphatic heterocycles. The molecule has 2 nitrogen and oxygen atoms in total. The molecule has 6 heteroatoms. The van der Waals surface area contributed by atoms with Crippen LogP contribution in [0.1, 0.15) is 13.3 Å². The quantitative estimate of drug-likeness (QED) is 0.623. The number of carbonyl (C=O) groups is 1. The highest BCUT2D eigenvalue weighted by Crippen LogP contribution is 1.89. The average Bonchev–Trinajstić information content (AvgIpc) is 1.65. The van der Waals surface area contributed by atoms with Crippen molar-refractivity contribution in [3.8, 4) is 0 Å². The summed E-state index contributed by atoms with van der Waals surface area (Å²) < 4.78 is 9.09. The van der Waals surface area contributed by atoms with Gasteiger partial charge in [-0.2, -0.15) is 0 Å². The summed E-state index contributed by atoms with van der Waals surface area (Å²) in [7, 11) is 7.36. The van der Waals surface area contributed by atoms with E-state index in [1.165, 1.54) is 0 Å². The van der Waals surface area contributed by atoms with Crippen molar-refractivity contribution in [2.24, 2.45) is 0 Å². The minimum Gasteiger partial charge on any atom is -0.281 e. The number of halogens is 3. The maximum atomic E-state index is 9.58. The molecule has 0 saturated heterocycles. The van der Waals surface area contributed by atoms with E-state index in [1.807, 2.05) is 0 Å². The second-order valence-electron chi connectivity index (χ2n) is 0.893. The molecule has 0 saturated carbocycles. The summed E-state index contributed by atoms with van der Waals surface area (Å²) in [5, 5.41) is -0.273. The Morgan fingerprint density at radius 2 is 1.67 bits per heavy atom. The van der Waals surface area contributed by atoms with Gasteiger partial charge in [0.2, 0.25) is 14.5 Å². The molecular weight excluding hydrogens is 206 g/mol. The lowest BCUT2D eigenvalue weighted by Gasteiger charge is -1.68. The highest BCUT2D eigenvalue weighted by atomic mass is 36.0. The van der Waals surface area contributed by atoms with Crippen LogP contribution < -0.4 is 0 Å². The molecule has 0 aromatic rings. The average molecular weight is 211 g/mol. The summed E-state index contributed by atoms with van der Waals surface area (Å²) in [5.74, 6) is 0. The van der Waals surface area contributed by atoms with E-state index in [2.05, 4.69) is 21.4 Å². The van der Waals surface area contributed by atoms with Crippen molar-refractivity contribution in [2.75, 3.05) is 0 Å². The van der Waals surface area contributed by atoms with E-state index in [0.717, 1.165) is 0 Å². The summed E-state index contributed by atoms with van der Waals surface area (Å²) >= 11 is 4.82. The Morgan fingerprint density at radius 1 is 1.56 bits per heavy atom. The van der Waals surface area contributed by atoms with Crippen molar-refractivity contribution in [1.82, 2.24) is 0 Å². The van der Waals surface area contributed by atoms with Gasteiger partial charge in [-0.15, -0.1) is 0 Å². The first-order valence-electron chi connectivity index (χ1n) is 1.93. The molecule has 0 aromatic heterocycles. The smallest absolute Gasteiger partial charge is 0.221 e. The van der Waals surface area contributed by atoms with Gasteiger partial charge in [-0.25, -0.2) is 4.21 Å². The summed E-state index contributed by atoms with van der Waals surface area (Å²) in [6, 6.07) is 0. The molecule has 0 heterocycles. The van der Waals surface area contributed by atoms with Crippen LogP contribution in [0.15, 0.2) is 0 Å². The number of carbonyl (C=O) groups excluding carboxylic acids is 1. The van der Waals surface area contributed by atoms with Gasteiger partial charge in [0.1, 0.15) is 0 Å². The molecule has 56 valence electrons. The third-order valence-electron chi connectivity index (χ3n) is 0.278. The molecular formula is C3H5Cl3O2S. The van der Waals surface area contributed by atoms with Gasteiger partial charge in [0.15, 0.2) is 0 Å². The summed E-state index contributed by atoms with van der Waals surface area (Å²) in [4.78, 5) is 9.58. The molecule has 0 aromatic carbocycles. The van der Waals surface area contributed by atoms with Crippen LogP contribution in [0.4, 0.5) is 0 Å². The van der Waals surface area contributed by atoms with E-state index >= 15 is 0 Å². The van der Waals surface area contributed by atoms with Gasteiger partial charge in [-0.05, 0) is 11.6 Å². The van der Waals surface area contributed by atoms with Gasteiger partial charge < -0.3 is 0 Å². The topological polar surface area (TPSA) is 34.1 Å². The van der Waals surface area contributed by atoms with E-state index < -0.39 is 9.23 Å². The summed E-state index contributed by atoms with van der Waals surface area (Å²) in [6.45, 7) is 1.72. The highest BCUT2D eigenvalue weighted by Gasteiger charge is 1.81. The number of rotatable bonds is 1. The maximum absolute atomic E-state index is 9.58. The van der Waals surface area contributed by atoms with Crippen molar-refractivity contribution >= 4 is 47.4 Å². The van der Waals surface area contributed by atoms with E-state index in [1.54, 1.807) is 6.92 Å². The summed E-state index contributed by atoms with van der Waals surface area (Å²) in [5.41, 5.74) is 0. The van der Waals surface area contributed by atoms with Crippen LogP contribution in [0.5, 0.6) is 0 Å². The van der Waals surface area contributed by atoms with Crippen molar-refractivity contribution in [1.29, 1.82) is 0 Å². The third kappa shape index (κ3) is 53.7. The Hall–Kier alpha value is 0.690. The lowest BCUT2D eigenvalue weighted by atomic mass is 10.6. The van der Waals surface area contributed by atoms with E-state index in [0.29, 0.717) is 6.42 Å². The monoisotopic (exact) mass is 210 g/mol. The lowest BCUT2D eigenvalue weighted by molar-refractivity contribution is -0.111. The molecule has 0 bridgehead atoms. The first-order chi connectivity index (χ1) is 4.00. The molecule has 0 atom stereocenters. The van der Waals surface area contributed by atoms with E-state index in [4.69, 9.17) is 15.8 Å². The maximum Gasteiger partial charge on any atom is 0.221 e. The Morgan fingerprint density at radius 3 is 1.67 bits per heavy atom. The fourth-order valence-electron chi connectivity index (χ4n) is 0. The van der Waals surface area contributed by atoms with E-state index in [-0.39, 0.29) is 5.24 Å². The van der Waals surface area contributed by atoms with Gasteiger partial charge in [-0.1, -0.05) is 6.92 Å². The second-order valence-corrected chi connectivity index (χ2v) is 3.84. The van der Waals surface area contributed by atoms with Gasteiger partial charge in [0.05, 0.1) is 0 Å². The van der Waals surface area contributed by atoms with Crippen LogP contribution in [-0.2, 0) is 14.0 Å².